The number of aryl methyl sites for hydroxylation is 2. The molecule has 1 heterocycles. The molecule has 0 aliphatic heterocycles. The van der Waals surface area contributed by atoms with E-state index in [2.05, 4.69) is 0 Å². The fraction of sp³-hybridized carbons (Fsp3) is 0.231. The first-order valence-corrected chi connectivity index (χ1v) is 5.95. The molecular formula is C13H13FOS. The van der Waals surface area contributed by atoms with E-state index in [1.54, 1.807) is 6.07 Å². The average molecular weight is 236 g/mol. The molecule has 1 aromatic carbocycles. The Balaban J connectivity index is 2.41. The summed E-state index contributed by atoms with van der Waals surface area (Å²) in [5, 5.41) is 12.0. The maximum Gasteiger partial charge on any atom is 0.129 e. The topological polar surface area (TPSA) is 20.2 Å². The predicted octanol–water partition coefficient (Wildman–Crippen LogP) is 3.59. The Hall–Kier alpha value is -1.19. The lowest BCUT2D eigenvalue weighted by molar-refractivity contribution is 0.218. The van der Waals surface area contributed by atoms with Crippen LogP contribution in [-0.2, 0) is 0 Å². The Bertz CT molecular complexity index is 504. The van der Waals surface area contributed by atoms with Gasteiger partial charge in [-0.3, -0.25) is 0 Å². The van der Waals surface area contributed by atoms with Crippen LogP contribution in [0.3, 0.4) is 0 Å². The number of halogens is 1. The van der Waals surface area contributed by atoms with E-state index in [9.17, 15) is 9.50 Å². The highest BCUT2D eigenvalue weighted by Gasteiger charge is 2.17. The van der Waals surface area contributed by atoms with Crippen molar-refractivity contribution in [2.24, 2.45) is 0 Å². The molecule has 0 saturated carbocycles. The van der Waals surface area contributed by atoms with Gasteiger partial charge in [-0.05, 0) is 42.5 Å². The van der Waals surface area contributed by atoms with Crippen molar-refractivity contribution in [2.45, 2.75) is 20.0 Å². The van der Waals surface area contributed by atoms with E-state index in [0.29, 0.717) is 5.56 Å². The third-order valence-corrected chi connectivity index (χ3v) is 3.67. The van der Waals surface area contributed by atoms with Crippen LogP contribution in [0.5, 0.6) is 0 Å². The molecule has 1 unspecified atom stereocenters. The summed E-state index contributed by atoms with van der Waals surface area (Å²) < 4.78 is 13.7. The maximum atomic E-state index is 13.7. The lowest BCUT2D eigenvalue weighted by Crippen LogP contribution is -2.02. The van der Waals surface area contributed by atoms with Gasteiger partial charge in [0.2, 0.25) is 0 Å². The van der Waals surface area contributed by atoms with Gasteiger partial charge < -0.3 is 5.11 Å². The third-order valence-electron chi connectivity index (χ3n) is 2.60. The molecule has 2 rings (SSSR count). The molecule has 0 radical (unpaired) electrons. The van der Waals surface area contributed by atoms with Gasteiger partial charge in [0, 0.05) is 10.4 Å². The molecule has 1 nitrogen and oxygen atoms in total. The molecule has 1 N–H and O–H groups in total. The summed E-state index contributed by atoms with van der Waals surface area (Å²) in [5.74, 6) is -0.347. The Morgan fingerprint density at radius 1 is 1.25 bits per heavy atom. The van der Waals surface area contributed by atoms with Gasteiger partial charge in [-0.15, -0.1) is 11.3 Å². The molecule has 3 heteroatoms. The average Bonchev–Trinajstić information content (AvgIpc) is 2.63. The summed E-state index contributed by atoms with van der Waals surface area (Å²) in [4.78, 5) is 0.808. The molecule has 1 atom stereocenters. The second-order valence-electron chi connectivity index (χ2n) is 3.90. The summed E-state index contributed by atoms with van der Waals surface area (Å²) >= 11 is 1.45. The zero-order valence-corrected chi connectivity index (χ0v) is 10.0. The Morgan fingerprint density at radius 2 is 2.00 bits per heavy atom. The van der Waals surface area contributed by atoms with Gasteiger partial charge in [-0.25, -0.2) is 4.39 Å². The monoisotopic (exact) mass is 236 g/mol. The smallest absolute Gasteiger partial charge is 0.129 e. The molecule has 2 aromatic rings. The highest BCUT2D eigenvalue weighted by atomic mass is 32.1. The molecule has 0 saturated heterocycles. The van der Waals surface area contributed by atoms with E-state index in [1.807, 2.05) is 31.4 Å². The summed E-state index contributed by atoms with van der Waals surface area (Å²) in [6, 6.07) is 6.83. The highest BCUT2D eigenvalue weighted by molar-refractivity contribution is 7.10. The normalized spacial score (nSPS) is 12.8. The number of aliphatic hydroxyl groups excluding tert-OH is 1. The van der Waals surface area contributed by atoms with Crippen LogP contribution in [0.2, 0.25) is 0 Å². The van der Waals surface area contributed by atoms with Crippen molar-refractivity contribution in [3.8, 4) is 0 Å². The summed E-state index contributed by atoms with van der Waals surface area (Å²) in [5.41, 5.74) is 2.20. The lowest BCUT2D eigenvalue weighted by atomic mass is 10.0. The lowest BCUT2D eigenvalue weighted by Gasteiger charge is -2.12. The zero-order valence-electron chi connectivity index (χ0n) is 9.20. The molecule has 0 aliphatic carbocycles. The minimum absolute atomic E-state index is 0.344. The summed E-state index contributed by atoms with van der Waals surface area (Å²) in [6.45, 7) is 3.75. The third kappa shape index (κ3) is 2.01. The molecule has 0 fully saturated rings. The molecule has 0 amide bonds. The van der Waals surface area contributed by atoms with Gasteiger partial charge in [0.1, 0.15) is 11.9 Å². The van der Waals surface area contributed by atoms with Crippen molar-refractivity contribution >= 4 is 11.3 Å². The van der Waals surface area contributed by atoms with E-state index in [4.69, 9.17) is 0 Å². The van der Waals surface area contributed by atoms with Crippen molar-refractivity contribution in [1.29, 1.82) is 0 Å². The zero-order chi connectivity index (χ0) is 11.7. The number of thiophene rings is 1. The maximum absolute atomic E-state index is 13.7. The van der Waals surface area contributed by atoms with Crippen LogP contribution in [0.1, 0.15) is 27.7 Å². The SMILES string of the molecule is Cc1ccc(C(O)c2sccc2C)c(F)c1. The largest absolute Gasteiger partial charge is 0.383 e. The second kappa shape index (κ2) is 4.36. The minimum Gasteiger partial charge on any atom is -0.383 e. The summed E-state index contributed by atoms with van der Waals surface area (Å²) in [7, 11) is 0. The van der Waals surface area contributed by atoms with Crippen molar-refractivity contribution in [3.63, 3.8) is 0 Å². The molecule has 0 aliphatic rings. The van der Waals surface area contributed by atoms with Crippen LogP contribution in [0.15, 0.2) is 29.6 Å². The quantitative estimate of drug-likeness (QED) is 0.845. The standard InChI is InChI=1S/C13H13FOS/c1-8-3-4-10(11(14)7-8)12(15)13-9(2)5-6-16-13/h3-7,12,15H,1-2H3. The first-order valence-electron chi connectivity index (χ1n) is 5.07. The number of hydrogen-bond donors (Lipinski definition) is 1. The fourth-order valence-corrected chi connectivity index (χ4v) is 2.59. The van der Waals surface area contributed by atoms with Crippen LogP contribution in [0.25, 0.3) is 0 Å². The molecule has 1 aromatic heterocycles. The predicted molar refractivity (Wildman–Crippen MR) is 64.3 cm³/mol. The van der Waals surface area contributed by atoms with Gasteiger partial charge in [0.15, 0.2) is 0 Å². The first kappa shape index (κ1) is 11.3. The van der Waals surface area contributed by atoms with Gasteiger partial charge >= 0.3 is 0 Å². The van der Waals surface area contributed by atoms with E-state index >= 15 is 0 Å². The van der Waals surface area contributed by atoms with E-state index in [0.717, 1.165) is 16.0 Å². The Kier molecular flexibility index (Phi) is 3.08. The molecular weight excluding hydrogens is 223 g/mol. The van der Waals surface area contributed by atoms with Crippen LogP contribution < -0.4 is 0 Å². The summed E-state index contributed by atoms with van der Waals surface area (Å²) in [6.07, 6.45) is -0.861. The van der Waals surface area contributed by atoms with Gasteiger partial charge in [0.05, 0.1) is 0 Å². The number of benzene rings is 1. The Morgan fingerprint density at radius 3 is 2.56 bits per heavy atom. The van der Waals surface area contributed by atoms with Gasteiger partial charge in [0.25, 0.3) is 0 Å². The van der Waals surface area contributed by atoms with Crippen LogP contribution >= 0.6 is 11.3 Å². The number of rotatable bonds is 2. The number of aliphatic hydroxyl groups is 1. The van der Waals surface area contributed by atoms with Crippen molar-refractivity contribution in [2.75, 3.05) is 0 Å². The Labute approximate surface area is 98.2 Å². The van der Waals surface area contributed by atoms with Gasteiger partial charge in [-0.1, -0.05) is 12.1 Å². The van der Waals surface area contributed by atoms with Gasteiger partial charge in [-0.2, -0.15) is 0 Å². The number of hydrogen-bond acceptors (Lipinski definition) is 2. The minimum atomic E-state index is -0.861. The highest BCUT2D eigenvalue weighted by Crippen LogP contribution is 2.30. The van der Waals surface area contributed by atoms with Crippen molar-refractivity contribution < 1.29 is 9.50 Å². The molecule has 0 bridgehead atoms. The van der Waals surface area contributed by atoms with Crippen LogP contribution in [-0.4, -0.2) is 5.11 Å². The van der Waals surface area contributed by atoms with Crippen LogP contribution in [0, 0.1) is 19.7 Å². The van der Waals surface area contributed by atoms with Crippen molar-refractivity contribution in [3.05, 3.63) is 57.0 Å². The second-order valence-corrected chi connectivity index (χ2v) is 4.84. The van der Waals surface area contributed by atoms with Crippen molar-refractivity contribution in [1.82, 2.24) is 0 Å². The molecule has 0 spiro atoms. The van der Waals surface area contributed by atoms with E-state index in [1.165, 1.54) is 17.4 Å². The fourth-order valence-electron chi connectivity index (χ4n) is 1.66. The molecule has 84 valence electrons. The molecule has 16 heavy (non-hydrogen) atoms. The van der Waals surface area contributed by atoms with E-state index < -0.39 is 6.10 Å². The van der Waals surface area contributed by atoms with E-state index in [-0.39, 0.29) is 5.82 Å². The first-order chi connectivity index (χ1) is 7.59. The van der Waals surface area contributed by atoms with Crippen LogP contribution in [0.4, 0.5) is 4.39 Å².